The molecule has 4 aromatic rings. The summed E-state index contributed by atoms with van der Waals surface area (Å²) >= 11 is 3.47. The molecule has 46 heavy (non-hydrogen) atoms. The zero-order chi connectivity index (χ0) is 33.4. The molecule has 9 heteroatoms. The highest BCUT2D eigenvalue weighted by atomic mass is 79.9. The highest BCUT2D eigenvalue weighted by Crippen LogP contribution is 2.27. The second-order valence-electron chi connectivity index (χ2n) is 12.1. The number of sulfonamides is 1. The maximum absolute atomic E-state index is 14.6. The monoisotopic (exact) mass is 703 g/mol. The highest BCUT2D eigenvalue weighted by molar-refractivity contribution is 9.10. The second-order valence-corrected chi connectivity index (χ2v) is 14.9. The highest BCUT2D eigenvalue weighted by Gasteiger charge is 2.34. The summed E-state index contributed by atoms with van der Waals surface area (Å²) < 4.78 is 30.5. The normalized spacial score (nSPS) is 12.1. The van der Waals surface area contributed by atoms with Crippen molar-refractivity contribution in [1.29, 1.82) is 0 Å². The number of benzene rings is 4. The van der Waals surface area contributed by atoms with Gasteiger partial charge < -0.3 is 10.2 Å². The Morgan fingerprint density at radius 1 is 0.804 bits per heavy atom. The van der Waals surface area contributed by atoms with E-state index in [1.165, 1.54) is 4.90 Å². The van der Waals surface area contributed by atoms with Crippen LogP contribution in [0.25, 0.3) is 0 Å². The van der Waals surface area contributed by atoms with Crippen molar-refractivity contribution in [2.75, 3.05) is 17.4 Å². The van der Waals surface area contributed by atoms with E-state index in [4.69, 9.17) is 0 Å². The van der Waals surface area contributed by atoms with Gasteiger partial charge in [-0.1, -0.05) is 96.0 Å². The summed E-state index contributed by atoms with van der Waals surface area (Å²) in [5.74, 6) is -0.573. The molecule has 4 rings (SSSR count). The van der Waals surface area contributed by atoms with E-state index in [9.17, 15) is 18.0 Å². The maximum atomic E-state index is 14.6. The van der Waals surface area contributed by atoms with Crippen molar-refractivity contribution in [3.05, 3.63) is 129 Å². The van der Waals surface area contributed by atoms with Crippen LogP contribution in [-0.4, -0.2) is 44.3 Å². The summed E-state index contributed by atoms with van der Waals surface area (Å²) in [6.45, 7) is 9.84. The van der Waals surface area contributed by atoms with Crippen LogP contribution in [0, 0.1) is 26.7 Å². The number of nitrogens with zero attached hydrogens (tertiary/aromatic N) is 2. The predicted molar refractivity (Wildman–Crippen MR) is 188 cm³/mol. The predicted octanol–water partition coefficient (Wildman–Crippen LogP) is 6.98. The summed E-state index contributed by atoms with van der Waals surface area (Å²) in [4.78, 5) is 30.1. The Labute approximate surface area is 281 Å². The van der Waals surface area contributed by atoms with Gasteiger partial charge in [0.15, 0.2) is 0 Å². The molecular formula is C37H42BrN3O4S. The largest absolute Gasteiger partial charge is 0.354 e. The Morgan fingerprint density at radius 2 is 1.46 bits per heavy atom. The van der Waals surface area contributed by atoms with Gasteiger partial charge in [-0.05, 0) is 85.3 Å². The Balaban J connectivity index is 1.81. The first-order chi connectivity index (χ1) is 21.8. The lowest BCUT2D eigenvalue weighted by atomic mass is 10.0. The molecule has 7 nitrogen and oxygen atoms in total. The molecular weight excluding hydrogens is 662 g/mol. The van der Waals surface area contributed by atoms with Crippen LogP contribution in [0.4, 0.5) is 5.69 Å². The smallest absolute Gasteiger partial charge is 0.264 e. The number of carbonyl (C=O) groups excluding carboxylic acids is 2. The molecule has 0 aliphatic rings. The van der Waals surface area contributed by atoms with Gasteiger partial charge >= 0.3 is 0 Å². The van der Waals surface area contributed by atoms with Crippen molar-refractivity contribution in [2.24, 2.45) is 5.92 Å². The van der Waals surface area contributed by atoms with Crippen molar-refractivity contribution >= 4 is 43.5 Å². The van der Waals surface area contributed by atoms with Gasteiger partial charge in [-0.2, -0.15) is 0 Å². The van der Waals surface area contributed by atoms with Gasteiger partial charge in [-0.15, -0.1) is 0 Å². The maximum Gasteiger partial charge on any atom is 0.264 e. The lowest BCUT2D eigenvalue weighted by molar-refractivity contribution is -0.140. The Morgan fingerprint density at radius 3 is 2.07 bits per heavy atom. The van der Waals surface area contributed by atoms with Crippen molar-refractivity contribution in [3.8, 4) is 0 Å². The van der Waals surface area contributed by atoms with Gasteiger partial charge in [0, 0.05) is 24.0 Å². The summed E-state index contributed by atoms with van der Waals surface area (Å²) in [6.07, 6.45) is 0.265. The van der Waals surface area contributed by atoms with Crippen molar-refractivity contribution in [3.63, 3.8) is 0 Å². The number of anilines is 1. The number of amides is 2. The fourth-order valence-corrected chi connectivity index (χ4v) is 6.68. The molecule has 0 aromatic heterocycles. The second kappa shape index (κ2) is 15.6. The van der Waals surface area contributed by atoms with E-state index in [0.717, 1.165) is 36.6 Å². The van der Waals surface area contributed by atoms with Crippen LogP contribution < -0.4 is 9.62 Å². The van der Waals surface area contributed by atoms with Gasteiger partial charge in [-0.25, -0.2) is 8.42 Å². The minimum Gasteiger partial charge on any atom is -0.354 e. The topological polar surface area (TPSA) is 86.8 Å². The van der Waals surface area contributed by atoms with Crippen LogP contribution in [-0.2, 0) is 32.6 Å². The van der Waals surface area contributed by atoms with Crippen molar-refractivity contribution in [2.45, 2.75) is 58.5 Å². The lowest BCUT2D eigenvalue weighted by Gasteiger charge is -2.34. The molecule has 0 spiro atoms. The molecule has 0 saturated carbocycles. The van der Waals surface area contributed by atoms with Crippen LogP contribution in [0.3, 0.4) is 0 Å². The van der Waals surface area contributed by atoms with Crippen LogP contribution in [0.2, 0.25) is 0 Å². The summed E-state index contributed by atoms with van der Waals surface area (Å²) in [6, 6.07) is 28.1. The quantitative estimate of drug-likeness (QED) is 0.163. The van der Waals surface area contributed by atoms with E-state index in [1.807, 2.05) is 95.3 Å². The first kappa shape index (κ1) is 34.9. The van der Waals surface area contributed by atoms with Crippen LogP contribution in [0.1, 0.15) is 41.7 Å². The molecule has 1 atom stereocenters. The van der Waals surface area contributed by atoms with E-state index in [0.29, 0.717) is 12.2 Å². The molecule has 0 fully saturated rings. The lowest BCUT2D eigenvalue weighted by Crippen LogP contribution is -2.53. The zero-order valence-corrected chi connectivity index (χ0v) is 29.4. The Hall–Kier alpha value is -3.95. The van der Waals surface area contributed by atoms with Crippen LogP contribution in [0.15, 0.2) is 106 Å². The molecule has 0 saturated heterocycles. The average Bonchev–Trinajstić information content (AvgIpc) is 3.03. The first-order valence-electron chi connectivity index (χ1n) is 15.4. The van der Waals surface area contributed by atoms with E-state index in [1.54, 1.807) is 36.4 Å². The number of hydrogen-bond donors (Lipinski definition) is 1. The fourth-order valence-electron chi connectivity index (χ4n) is 5.01. The molecule has 0 radical (unpaired) electrons. The van der Waals surface area contributed by atoms with Gasteiger partial charge in [0.2, 0.25) is 11.8 Å². The van der Waals surface area contributed by atoms with Crippen LogP contribution in [0.5, 0.6) is 0 Å². The average molecular weight is 705 g/mol. The summed E-state index contributed by atoms with van der Waals surface area (Å²) in [7, 11) is -4.15. The van der Waals surface area contributed by atoms with Gasteiger partial charge in [0.1, 0.15) is 12.6 Å². The molecule has 0 bridgehead atoms. The molecule has 1 N–H and O–H groups in total. The molecule has 242 valence electrons. The molecule has 0 aliphatic carbocycles. The van der Waals surface area contributed by atoms with Gasteiger partial charge in [0.25, 0.3) is 10.0 Å². The third kappa shape index (κ3) is 9.07. The Kier molecular flexibility index (Phi) is 11.8. The van der Waals surface area contributed by atoms with E-state index in [2.05, 4.69) is 21.2 Å². The number of aryl methyl sites for hydroxylation is 3. The summed E-state index contributed by atoms with van der Waals surface area (Å²) in [5, 5.41) is 3.02. The molecule has 0 heterocycles. The van der Waals surface area contributed by atoms with Crippen molar-refractivity contribution in [1.82, 2.24) is 10.2 Å². The molecule has 4 aromatic carbocycles. The van der Waals surface area contributed by atoms with E-state index >= 15 is 0 Å². The van der Waals surface area contributed by atoms with E-state index in [-0.39, 0.29) is 29.7 Å². The minimum atomic E-state index is -4.15. The number of rotatable bonds is 13. The number of halogens is 1. The van der Waals surface area contributed by atoms with Gasteiger partial charge in [0.05, 0.1) is 10.6 Å². The zero-order valence-electron chi connectivity index (χ0n) is 27.0. The van der Waals surface area contributed by atoms with E-state index < -0.39 is 28.5 Å². The molecule has 2 amide bonds. The number of nitrogens with one attached hydrogen (secondary N) is 1. The minimum absolute atomic E-state index is 0.0825. The Bertz CT molecular complexity index is 1740. The molecule has 0 aliphatic heterocycles. The summed E-state index contributed by atoms with van der Waals surface area (Å²) in [5.41, 5.74) is 4.90. The SMILES string of the molecule is Cc1ccc(S(=O)(=O)N(CC(=O)N(Cc2ccc(Br)cc2)[C@H](Cc2ccccc2)C(=O)NCC(C)C)c2ccc(C)c(C)c2)cc1. The van der Waals surface area contributed by atoms with Crippen LogP contribution >= 0.6 is 15.9 Å². The molecule has 0 unspecified atom stereocenters. The number of carbonyl (C=O) groups is 2. The van der Waals surface area contributed by atoms with Gasteiger partial charge in [-0.3, -0.25) is 13.9 Å². The third-order valence-electron chi connectivity index (χ3n) is 7.89. The third-order valence-corrected chi connectivity index (χ3v) is 10.2. The standard InChI is InChI=1S/C37H42BrN3O4S/c1-26(2)23-39-37(43)35(22-30-9-7-6-8-10-30)40(24-31-14-16-32(38)17-15-31)36(42)25-41(33-18-13-28(4)29(5)21-33)46(44,45)34-19-11-27(3)12-20-34/h6-21,26,35H,22-25H2,1-5H3,(H,39,43)/t35-/m1/s1. The van der Waals surface area contributed by atoms with Crippen molar-refractivity contribution < 1.29 is 18.0 Å². The first-order valence-corrected chi connectivity index (χ1v) is 17.6. The fraction of sp³-hybridized carbons (Fsp3) is 0.297. The number of hydrogen-bond acceptors (Lipinski definition) is 4.